The van der Waals surface area contributed by atoms with Crippen molar-refractivity contribution in [2.75, 3.05) is 0 Å². The molecule has 2 nitrogen and oxygen atoms in total. The molecule has 40 heavy (non-hydrogen) atoms. The Balaban J connectivity index is 1.49. The van der Waals surface area contributed by atoms with Crippen LogP contribution < -0.4 is 5.32 Å². The number of aldehydes is 1. The fourth-order valence-corrected chi connectivity index (χ4v) is 11.4. The molecular weight excluding hydrogens is 486 g/mol. The Bertz CT molecular complexity index is 1050. The largest absolute Gasteiger partial charge is 0.365 e. The predicted octanol–water partition coefficient (Wildman–Crippen LogP) is 10.0. The maximum Gasteiger partial charge on any atom is 0.124 e. The lowest BCUT2D eigenvalue weighted by molar-refractivity contribution is -0.146. The average Bonchev–Trinajstić information content (AvgIpc) is 3.07. The molecule has 10 atom stereocenters. The van der Waals surface area contributed by atoms with Gasteiger partial charge in [0.2, 0.25) is 0 Å². The highest BCUT2D eigenvalue weighted by Crippen LogP contribution is 2.72. The molecule has 4 fully saturated rings. The molecule has 0 spiro atoms. The van der Waals surface area contributed by atoms with Gasteiger partial charge in [-0.25, -0.2) is 0 Å². The van der Waals surface area contributed by atoms with E-state index in [2.05, 4.69) is 90.4 Å². The first-order valence-corrected chi connectivity index (χ1v) is 17.1. The molecule has 0 saturated heterocycles. The Morgan fingerprint density at radius 3 is 2.42 bits per heavy atom. The maximum atomic E-state index is 12.7. The van der Waals surface area contributed by atoms with Gasteiger partial charge in [-0.15, -0.1) is 0 Å². The van der Waals surface area contributed by atoms with Crippen molar-refractivity contribution >= 4 is 6.29 Å². The Hall–Kier alpha value is -1.57. The lowest BCUT2D eigenvalue weighted by Gasteiger charge is -2.66. The van der Waals surface area contributed by atoms with Gasteiger partial charge in [-0.3, -0.25) is 0 Å². The third-order valence-electron chi connectivity index (χ3n) is 13.5. The van der Waals surface area contributed by atoms with Crippen LogP contribution in [0.5, 0.6) is 0 Å². The molecule has 0 aromatic rings. The Morgan fingerprint density at radius 1 is 0.950 bits per heavy atom. The highest BCUT2D eigenvalue weighted by Gasteiger charge is 2.65. The molecule has 2 unspecified atom stereocenters. The zero-order chi connectivity index (χ0) is 28.7. The molecule has 222 valence electrons. The summed E-state index contributed by atoms with van der Waals surface area (Å²) in [5.41, 5.74) is 3.59. The van der Waals surface area contributed by atoms with Gasteiger partial charge in [-0.2, -0.15) is 0 Å². The smallest absolute Gasteiger partial charge is 0.124 e. The summed E-state index contributed by atoms with van der Waals surface area (Å²) in [6.45, 7) is 17.5. The molecule has 0 aromatic carbocycles. The summed E-state index contributed by atoms with van der Waals surface area (Å²) in [7, 11) is 0. The summed E-state index contributed by atoms with van der Waals surface area (Å²) in [4.78, 5) is 12.7. The Labute approximate surface area is 246 Å². The number of allylic oxidation sites excluding steroid dienone is 7. The first-order chi connectivity index (χ1) is 19.1. The van der Waals surface area contributed by atoms with Crippen molar-refractivity contribution in [1.29, 1.82) is 0 Å². The third kappa shape index (κ3) is 4.82. The monoisotopic (exact) mass is 545 g/mol. The summed E-state index contributed by atoms with van der Waals surface area (Å²) in [6.07, 6.45) is 28.9. The zero-order valence-electron chi connectivity index (χ0n) is 26.8. The van der Waals surface area contributed by atoms with Gasteiger partial charge in [0.05, 0.1) is 0 Å². The van der Waals surface area contributed by atoms with Gasteiger partial charge < -0.3 is 10.1 Å². The molecule has 1 heterocycles. The molecular formula is C38H59NO. The van der Waals surface area contributed by atoms with Gasteiger partial charge in [0.25, 0.3) is 0 Å². The number of rotatable bonds is 8. The lowest BCUT2D eigenvalue weighted by Crippen LogP contribution is -2.60. The van der Waals surface area contributed by atoms with Gasteiger partial charge in [-0.05, 0) is 116 Å². The topological polar surface area (TPSA) is 29.1 Å². The van der Waals surface area contributed by atoms with E-state index in [9.17, 15) is 4.79 Å². The van der Waals surface area contributed by atoms with E-state index in [0.717, 1.165) is 48.3 Å². The van der Waals surface area contributed by atoms with Gasteiger partial charge in [-0.1, -0.05) is 91.5 Å². The van der Waals surface area contributed by atoms with Gasteiger partial charge >= 0.3 is 0 Å². The van der Waals surface area contributed by atoms with Crippen LogP contribution in [-0.2, 0) is 4.79 Å². The van der Waals surface area contributed by atoms with Gasteiger partial charge in [0.15, 0.2) is 0 Å². The van der Waals surface area contributed by atoms with Crippen LogP contribution in [0.15, 0.2) is 47.9 Å². The molecule has 4 saturated carbocycles. The van der Waals surface area contributed by atoms with Crippen LogP contribution >= 0.6 is 0 Å². The van der Waals surface area contributed by atoms with Crippen molar-refractivity contribution < 1.29 is 4.79 Å². The summed E-state index contributed by atoms with van der Waals surface area (Å²) in [5, 5.41) is 3.65. The second kappa shape index (κ2) is 11.6. The number of hydrogen-bond acceptors (Lipinski definition) is 2. The number of nitrogens with one attached hydrogen (secondary N) is 1. The fourth-order valence-electron chi connectivity index (χ4n) is 11.4. The second-order valence-corrected chi connectivity index (χ2v) is 15.8. The normalized spacial score (nSPS) is 44.3. The van der Waals surface area contributed by atoms with E-state index in [1.165, 1.54) is 69.8 Å². The average molecular weight is 546 g/mol. The second-order valence-electron chi connectivity index (χ2n) is 15.8. The highest BCUT2D eigenvalue weighted by atomic mass is 16.1. The quantitative estimate of drug-likeness (QED) is 0.243. The van der Waals surface area contributed by atoms with Crippen molar-refractivity contribution in [2.45, 2.75) is 119 Å². The Kier molecular flexibility index (Phi) is 8.68. The van der Waals surface area contributed by atoms with E-state index in [1.54, 1.807) is 5.57 Å². The molecule has 2 heteroatoms. The number of hydrogen-bond donors (Lipinski definition) is 1. The van der Waals surface area contributed by atoms with Crippen molar-refractivity contribution in [3.8, 4) is 0 Å². The predicted molar refractivity (Wildman–Crippen MR) is 169 cm³/mol. The van der Waals surface area contributed by atoms with Crippen molar-refractivity contribution in [2.24, 2.45) is 63.6 Å². The van der Waals surface area contributed by atoms with Crippen LogP contribution in [0.4, 0.5) is 0 Å². The van der Waals surface area contributed by atoms with Crippen molar-refractivity contribution in [1.82, 2.24) is 5.32 Å². The number of carbonyl (C=O) groups excluding carboxylic acids is 1. The van der Waals surface area contributed by atoms with Crippen LogP contribution in [0.3, 0.4) is 0 Å². The summed E-state index contributed by atoms with van der Waals surface area (Å²) in [6, 6.07) is 0. The van der Waals surface area contributed by atoms with E-state index >= 15 is 0 Å². The van der Waals surface area contributed by atoms with E-state index in [4.69, 9.17) is 0 Å². The Morgan fingerprint density at radius 2 is 1.70 bits per heavy atom. The fraction of sp³-hybridized carbons (Fsp3) is 0.763. The lowest BCUT2D eigenvalue weighted by atomic mass is 9.38. The van der Waals surface area contributed by atoms with Crippen LogP contribution in [0.25, 0.3) is 0 Å². The van der Waals surface area contributed by atoms with E-state index in [1.807, 2.05) is 0 Å². The van der Waals surface area contributed by atoms with Crippen LogP contribution in [0.2, 0.25) is 0 Å². The van der Waals surface area contributed by atoms with Gasteiger partial charge in [0, 0.05) is 23.2 Å². The third-order valence-corrected chi connectivity index (χ3v) is 13.5. The minimum atomic E-state index is -0.171. The molecule has 0 aromatic heterocycles. The molecule has 0 bridgehead atoms. The van der Waals surface area contributed by atoms with Gasteiger partial charge in [0.1, 0.15) is 6.29 Å². The van der Waals surface area contributed by atoms with Crippen LogP contribution in [0, 0.1) is 63.6 Å². The molecule has 5 aliphatic rings. The minimum absolute atomic E-state index is 0.0695. The molecule has 0 amide bonds. The van der Waals surface area contributed by atoms with E-state index in [0.29, 0.717) is 11.3 Å². The standard InChI is InChI=1S/C38H59NO/c1-8-13-28-24-33-37(6,21-19-29(25-40)38(33,7)34-16-10-9-11-23-39-34)32-20-22-36(5)30(17-18-31(36)35(28)32)27(4)15-12-14-26(2)3/h9-11,13,16,23,25-27,29-33,35,39H,8,12,14-15,17-22,24H2,1-7H3/t27-,29?,30-,31+,32+,33-,35+,36-,37-,38?/m1/s1. The highest BCUT2D eigenvalue weighted by molar-refractivity contribution is 5.58. The summed E-state index contributed by atoms with van der Waals surface area (Å²) in [5.74, 6) is 5.41. The maximum absolute atomic E-state index is 12.7. The summed E-state index contributed by atoms with van der Waals surface area (Å²) < 4.78 is 0. The number of fused-ring (bicyclic) bond motifs is 5. The molecule has 1 aliphatic heterocycles. The molecule has 5 rings (SSSR count). The SMILES string of the molecule is CCC=C1C[C@H]2C(C)(C3=CC=CC=CN3)C(C=O)CC[C@]2(C)[C@H]2CC[C@]3(C)[C@@H]([C@H](C)CCCC(C)C)CC[C@H]3[C@H]12. The molecule has 1 N–H and O–H groups in total. The molecule has 4 aliphatic carbocycles. The minimum Gasteiger partial charge on any atom is -0.365 e. The number of carbonyl (C=O) groups is 1. The van der Waals surface area contributed by atoms with Crippen molar-refractivity contribution in [3.05, 3.63) is 47.9 Å². The van der Waals surface area contributed by atoms with E-state index < -0.39 is 0 Å². The van der Waals surface area contributed by atoms with E-state index in [-0.39, 0.29) is 16.7 Å². The van der Waals surface area contributed by atoms with Crippen LogP contribution in [0.1, 0.15) is 119 Å². The first kappa shape index (κ1) is 29.9. The zero-order valence-corrected chi connectivity index (χ0v) is 26.8. The molecule has 0 radical (unpaired) electrons. The van der Waals surface area contributed by atoms with Crippen LogP contribution in [-0.4, -0.2) is 6.29 Å². The summed E-state index contributed by atoms with van der Waals surface area (Å²) >= 11 is 0. The first-order valence-electron chi connectivity index (χ1n) is 17.1. The van der Waals surface area contributed by atoms with Crippen molar-refractivity contribution in [3.63, 3.8) is 0 Å².